The number of hydrogen-bond acceptors (Lipinski definition) is 3. The highest BCUT2D eigenvalue weighted by Gasteiger charge is 2.62. The molecule has 0 bridgehead atoms. The Kier molecular flexibility index (Phi) is 5.43. The first kappa shape index (κ1) is 24.9. The maximum Gasteiger partial charge on any atom is 0.276 e. The van der Waals surface area contributed by atoms with Crippen molar-refractivity contribution in [3.63, 3.8) is 0 Å². The Morgan fingerprint density at radius 1 is 0.944 bits per heavy atom. The molecule has 0 saturated heterocycles. The van der Waals surface area contributed by atoms with Crippen LogP contribution in [0.4, 0.5) is 5.69 Å². The van der Waals surface area contributed by atoms with Gasteiger partial charge in [0, 0.05) is 22.6 Å². The van der Waals surface area contributed by atoms with Crippen molar-refractivity contribution in [3.8, 4) is 11.5 Å². The van der Waals surface area contributed by atoms with E-state index in [0.29, 0.717) is 5.75 Å². The van der Waals surface area contributed by atoms with Crippen molar-refractivity contribution in [2.45, 2.75) is 70.8 Å². The van der Waals surface area contributed by atoms with Crippen LogP contribution in [0, 0.1) is 6.92 Å². The summed E-state index contributed by atoms with van der Waals surface area (Å²) in [5.41, 5.74) is 4.66. The number of amides is 1. The van der Waals surface area contributed by atoms with Crippen LogP contribution in [0.15, 0.2) is 53.0 Å². The summed E-state index contributed by atoms with van der Waals surface area (Å²) in [6, 6.07) is 16.3. The van der Waals surface area contributed by atoms with Crippen LogP contribution in [0.2, 0.25) is 0 Å². The van der Waals surface area contributed by atoms with Crippen LogP contribution in [0.5, 0.6) is 11.5 Å². The number of ether oxygens (including phenoxy) is 1. The lowest BCUT2D eigenvalue weighted by Gasteiger charge is -2.33. The number of carbonyl (C=O) groups excluding carboxylic acids is 1. The Bertz CT molecular complexity index is 1380. The Morgan fingerprint density at radius 2 is 1.56 bits per heavy atom. The number of benzene rings is 3. The minimum absolute atomic E-state index is 0.0860. The van der Waals surface area contributed by atoms with Gasteiger partial charge in [-0.3, -0.25) is 4.79 Å². The zero-order chi connectivity index (χ0) is 26.4. The zero-order valence-corrected chi connectivity index (χ0v) is 23.9. The number of phenols is 1. The van der Waals surface area contributed by atoms with Gasteiger partial charge in [0.1, 0.15) is 11.5 Å². The van der Waals surface area contributed by atoms with E-state index in [9.17, 15) is 9.90 Å². The number of aryl methyl sites for hydroxylation is 1. The van der Waals surface area contributed by atoms with E-state index < -0.39 is 5.60 Å². The Labute approximate surface area is 222 Å². The second-order valence-electron chi connectivity index (χ2n) is 12.3. The highest BCUT2D eigenvalue weighted by Crippen LogP contribution is 2.60. The molecule has 2 atom stereocenters. The maximum atomic E-state index is 14.2. The van der Waals surface area contributed by atoms with Gasteiger partial charge in [-0.15, -0.1) is 0 Å². The second kappa shape index (κ2) is 7.85. The highest BCUT2D eigenvalue weighted by atomic mass is 79.9. The molecule has 2 aliphatic rings. The van der Waals surface area contributed by atoms with Gasteiger partial charge in [-0.1, -0.05) is 81.7 Å². The van der Waals surface area contributed by atoms with Gasteiger partial charge in [-0.2, -0.15) is 0 Å². The third-order valence-electron chi connectivity index (χ3n) is 7.58. The fourth-order valence-electron chi connectivity index (χ4n) is 5.75. The van der Waals surface area contributed by atoms with Gasteiger partial charge in [0.25, 0.3) is 5.91 Å². The molecule has 5 rings (SSSR count). The quantitative estimate of drug-likeness (QED) is 0.344. The zero-order valence-electron chi connectivity index (χ0n) is 22.3. The average Bonchev–Trinajstić information content (AvgIpc) is 3.20. The molecule has 1 spiro atoms. The van der Waals surface area contributed by atoms with Crippen molar-refractivity contribution in [1.82, 2.24) is 0 Å². The van der Waals surface area contributed by atoms with Crippen LogP contribution in [0.25, 0.3) is 0 Å². The standard InChI is InChI=1S/C31H34BrNO3/c1-17-9-11-20-25(13-17)36-31(21-16-19(32)10-12-24(21)33(8)28(31)35)26(20)18-14-22(29(2,3)4)27(34)23(15-18)30(5,6)7/h9-16,26,34H,1-8H3/t26-,31+/m1/s1. The topological polar surface area (TPSA) is 49.8 Å². The van der Waals surface area contributed by atoms with Crippen molar-refractivity contribution in [1.29, 1.82) is 0 Å². The predicted molar refractivity (Wildman–Crippen MR) is 148 cm³/mol. The number of carbonyl (C=O) groups is 1. The van der Waals surface area contributed by atoms with Gasteiger partial charge in [0.05, 0.1) is 11.6 Å². The molecular weight excluding hydrogens is 514 g/mol. The van der Waals surface area contributed by atoms with Crippen LogP contribution in [-0.4, -0.2) is 18.1 Å². The fourth-order valence-corrected chi connectivity index (χ4v) is 6.11. The van der Waals surface area contributed by atoms with E-state index in [1.165, 1.54) is 0 Å². The minimum atomic E-state index is -1.23. The van der Waals surface area contributed by atoms with Gasteiger partial charge >= 0.3 is 0 Å². The van der Waals surface area contributed by atoms with Crippen LogP contribution in [0.3, 0.4) is 0 Å². The van der Waals surface area contributed by atoms with E-state index in [1.54, 1.807) is 4.90 Å². The van der Waals surface area contributed by atoms with Crippen LogP contribution in [-0.2, 0) is 21.2 Å². The lowest BCUT2D eigenvalue weighted by Crippen LogP contribution is -2.45. The van der Waals surface area contributed by atoms with Crippen molar-refractivity contribution in [2.24, 2.45) is 0 Å². The van der Waals surface area contributed by atoms with Crippen molar-refractivity contribution in [3.05, 3.63) is 86.4 Å². The molecule has 0 unspecified atom stereocenters. The first-order valence-corrected chi connectivity index (χ1v) is 13.2. The van der Waals surface area contributed by atoms with Gasteiger partial charge in [-0.25, -0.2) is 0 Å². The molecule has 188 valence electrons. The molecule has 1 amide bonds. The van der Waals surface area contributed by atoms with Crippen molar-refractivity contribution in [2.75, 3.05) is 11.9 Å². The molecule has 4 nitrogen and oxygen atoms in total. The molecule has 0 fully saturated rings. The number of rotatable bonds is 1. The molecule has 2 aliphatic heterocycles. The molecule has 2 heterocycles. The SMILES string of the molecule is Cc1ccc2c(c1)O[C@]1(C(=O)N(C)c3ccc(Br)cc31)[C@@H]2c1cc(C(C)(C)C)c(O)c(C(C)(C)C)c1. The summed E-state index contributed by atoms with van der Waals surface area (Å²) < 4.78 is 7.67. The number of phenolic OH excluding ortho intramolecular Hbond substituents is 1. The minimum Gasteiger partial charge on any atom is -0.507 e. The normalized spacial score (nSPS) is 21.1. The number of fused-ring (bicyclic) bond motifs is 3. The molecule has 0 aromatic heterocycles. The molecule has 36 heavy (non-hydrogen) atoms. The first-order valence-electron chi connectivity index (χ1n) is 12.4. The Hall–Kier alpha value is -2.79. The van der Waals surface area contributed by atoms with Gasteiger partial charge in [0.15, 0.2) is 0 Å². The largest absolute Gasteiger partial charge is 0.507 e. The average molecular weight is 549 g/mol. The molecular formula is C31H34BrNO3. The Balaban J connectivity index is 1.88. The molecule has 3 aromatic carbocycles. The first-order chi connectivity index (χ1) is 16.7. The van der Waals surface area contributed by atoms with Gasteiger partial charge in [-0.05, 0) is 64.3 Å². The number of likely N-dealkylation sites (N-methyl/N-ethyl adjacent to an activating group) is 1. The molecule has 0 aliphatic carbocycles. The lowest BCUT2D eigenvalue weighted by molar-refractivity contribution is -0.132. The van der Waals surface area contributed by atoms with Crippen molar-refractivity contribution < 1.29 is 14.6 Å². The van der Waals surface area contributed by atoms with Crippen molar-refractivity contribution >= 4 is 27.5 Å². The number of hydrogen-bond donors (Lipinski definition) is 1. The summed E-state index contributed by atoms with van der Waals surface area (Å²) in [5, 5.41) is 11.4. The number of nitrogens with zero attached hydrogens (tertiary/aromatic N) is 1. The highest BCUT2D eigenvalue weighted by molar-refractivity contribution is 9.10. The maximum absolute atomic E-state index is 14.2. The van der Waals surface area contributed by atoms with E-state index in [2.05, 4.69) is 81.7 Å². The van der Waals surface area contributed by atoms with E-state index in [0.717, 1.165) is 49.3 Å². The van der Waals surface area contributed by atoms with Crippen LogP contribution >= 0.6 is 15.9 Å². The van der Waals surface area contributed by atoms with Crippen LogP contribution < -0.4 is 9.64 Å². The van der Waals surface area contributed by atoms with E-state index in [1.807, 2.05) is 38.2 Å². The molecule has 5 heteroatoms. The summed E-state index contributed by atoms with van der Waals surface area (Å²) in [6.07, 6.45) is 0. The number of aromatic hydroxyl groups is 1. The number of halogens is 1. The molecule has 0 radical (unpaired) electrons. The van der Waals surface area contributed by atoms with Gasteiger partial charge in [0.2, 0.25) is 5.60 Å². The van der Waals surface area contributed by atoms with E-state index >= 15 is 0 Å². The molecule has 1 N–H and O–H groups in total. The lowest BCUT2D eigenvalue weighted by atomic mass is 9.71. The summed E-state index contributed by atoms with van der Waals surface area (Å²) in [5.74, 6) is 0.602. The molecule has 3 aromatic rings. The van der Waals surface area contributed by atoms with E-state index in [-0.39, 0.29) is 22.7 Å². The van der Waals surface area contributed by atoms with E-state index in [4.69, 9.17) is 4.74 Å². The predicted octanol–water partition coefficient (Wildman–Crippen LogP) is 7.45. The smallest absolute Gasteiger partial charge is 0.276 e. The Morgan fingerprint density at radius 3 is 2.14 bits per heavy atom. The summed E-state index contributed by atoms with van der Waals surface area (Å²) in [7, 11) is 1.82. The summed E-state index contributed by atoms with van der Waals surface area (Å²) >= 11 is 3.62. The third-order valence-corrected chi connectivity index (χ3v) is 8.07. The number of anilines is 1. The molecule has 0 saturated carbocycles. The summed E-state index contributed by atoms with van der Waals surface area (Å²) in [6.45, 7) is 14.7. The van der Waals surface area contributed by atoms with Crippen LogP contribution in [0.1, 0.15) is 80.8 Å². The summed E-state index contributed by atoms with van der Waals surface area (Å²) in [4.78, 5) is 15.9. The third kappa shape index (κ3) is 3.50. The second-order valence-corrected chi connectivity index (χ2v) is 13.2. The fraction of sp³-hybridized carbons (Fsp3) is 0.387. The monoisotopic (exact) mass is 547 g/mol. The van der Waals surface area contributed by atoms with Gasteiger partial charge < -0.3 is 14.7 Å².